The molecule has 1 saturated heterocycles. The summed E-state index contributed by atoms with van der Waals surface area (Å²) < 4.78 is 40.0. The van der Waals surface area contributed by atoms with Gasteiger partial charge in [0.25, 0.3) is 0 Å². The van der Waals surface area contributed by atoms with Gasteiger partial charge in [0.15, 0.2) is 0 Å². The number of carbonyl (C=O) groups is 2. The topological polar surface area (TPSA) is 78.9 Å². The largest absolute Gasteiger partial charge is 0.573 e. The molecule has 1 atom stereocenters. The first-order chi connectivity index (χ1) is 11.7. The summed E-state index contributed by atoms with van der Waals surface area (Å²) in [6.45, 7) is 0.907. The minimum atomic E-state index is -4.72. The Balaban J connectivity index is 1.73. The highest BCUT2D eigenvalue weighted by Gasteiger charge is 2.32. The van der Waals surface area contributed by atoms with E-state index >= 15 is 0 Å². The Morgan fingerprint density at radius 2 is 1.96 bits per heavy atom. The van der Waals surface area contributed by atoms with E-state index < -0.39 is 18.4 Å². The van der Waals surface area contributed by atoms with Crippen LogP contribution in [0.5, 0.6) is 5.75 Å². The fraction of sp³-hybridized carbons (Fsp3) is 0.500. The van der Waals surface area contributed by atoms with Gasteiger partial charge < -0.3 is 15.2 Å². The third kappa shape index (κ3) is 6.26. The fourth-order valence-corrected chi connectivity index (χ4v) is 2.74. The fourth-order valence-electron chi connectivity index (χ4n) is 2.74. The van der Waals surface area contributed by atoms with Crippen molar-refractivity contribution in [2.45, 2.75) is 31.7 Å². The van der Waals surface area contributed by atoms with Crippen LogP contribution in [0.1, 0.15) is 18.4 Å². The Morgan fingerprint density at radius 1 is 1.28 bits per heavy atom. The normalized spacial score (nSPS) is 18.1. The van der Waals surface area contributed by atoms with E-state index in [4.69, 9.17) is 5.11 Å². The number of carboxylic acid groups (broad SMARTS) is 1. The van der Waals surface area contributed by atoms with E-state index in [2.05, 4.69) is 10.1 Å². The van der Waals surface area contributed by atoms with E-state index in [1.807, 2.05) is 0 Å². The third-order valence-electron chi connectivity index (χ3n) is 3.89. The van der Waals surface area contributed by atoms with E-state index in [0.29, 0.717) is 25.9 Å². The summed E-state index contributed by atoms with van der Waals surface area (Å²) in [4.78, 5) is 24.6. The minimum Gasteiger partial charge on any atom is -0.480 e. The van der Waals surface area contributed by atoms with Gasteiger partial charge in [-0.3, -0.25) is 14.5 Å². The lowest BCUT2D eigenvalue weighted by Gasteiger charge is -2.20. The maximum atomic E-state index is 12.1. The molecule has 0 saturated carbocycles. The van der Waals surface area contributed by atoms with E-state index in [1.54, 1.807) is 4.90 Å². The Kier molecular flexibility index (Phi) is 6.24. The monoisotopic (exact) mass is 360 g/mol. The molecule has 0 radical (unpaired) electrons. The zero-order chi connectivity index (χ0) is 18.4. The van der Waals surface area contributed by atoms with Crippen LogP contribution in [-0.4, -0.2) is 53.9 Å². The van der Waals surface area contributed by atoms with Crippen LogP contribution >= 0.6 is 0 Å². The lowest BCUT2D eigenvalue weighted by molar-refractivity contribution is -0.274. The molecule has 0 spiro atoms. The number of aliphatic carboxylic acids is 1. The molecule has 1 aromatic rings. The van der Waals surface area contributed by atoms with Crippen molar-refractivity contribution < 1.29 is 32.6 Å². The summed E-state index contributed by atoms with van der Waals surface area (Å²) in [5.74, 6) is -1.49. The van der Waals surface area contributed by atoms with Crippen LogP contribution < -0.4 is 10.1 Å². The van der Waals surface area contributed by atoms with E-state index in [0.717, 1.165) is 12.0 Å². The van der Waals surface area contributed by atoms with Crippen LogP contribution in [0.4, 0.5) is 13.2 Å². The molecule has 0 unspecified atom stereocenters. The SMILES string of the molecule is O=C(CN1CCC[C@@H]1C(=O)O)NCCc1ccc(OC(F)(F)F)cc1. The number of nitrogens with zero attached hydrogens (tertiary/aromatic N) is 1. The van der Waals surface area contributed by atoms with Crippen molar-refractivity contribution in [3.8, 4) is 5.75 Å². The highest BCUT2D eigenvalue weighted by Crippen LogP contribution is 2.22. The molecule has 0 aromatic heterocycles. The molecule has 1 aromatic carbocycles. The summed E-state index contributed by atoms with van der Waals surface area (Å²) in [6, 6.07) is 4.80. The number of carbonyl (C=O) groups excluding carboxylic acids is 1. The van der Waals surface area contributed by atoms with Gasteiger partial charge in [0.05, 0.1) is 6.54 Å². The number of hydrogen-bond donors (Lipinski definition) is 2. The maximum absolute atomic E-state index is 12.1. The van der Waals surface area contributed by atoms with Crippen LogP contribution in [0.25, 0.3) is 0 Å². The molecule has 1 aliphatic heterocycles. The second kappa shape index (κ2) is 8.19. The smallest absolute Gasteiger partial charge is 0.480 e. The molecule has 2 rings (SSSR count). The zero-order valence-corrected chi connectivity index (χ0v) is 13.4. The predicted molar refractivity (Wildman–Crippen MR) is 82.1 cm³/mol. The molecule has 0 aliphatic carbocycles. The molecule has 1 heterocycles. The van der Waals surface area contributed by atoms with Crippen LogP contribution in [0, 0.1) is 0 Å². The second-order valence-corrected chi connectivity index (χ2v) is 5.76. The van der Waals surface area contributed by atoms with Crippen LogP contribution in [-0.2, 0) is 16.0 Å². The number of benzene rings is 1. The summed E-state index contributed by atoms with van der Waals surface area (Å²) in [5, 5.41) is 11.7. The first-order valence-electron chi connectivity index (χ1n) is 7.83. The number of ether oxygens (including phenoxy) is 1. The van der Waals surface area contributed by atoms with Crippen LogP contribution in [0.2, 0.25) is 0 Å². The molecule has 25 heavy (non-hydrogen) atoms. The summed E-state index contributed by atoms with van der Waals surface area (Å²) in [7, 11) is 0. The molecule has 1 aliphatic rings. The molecule has 2 N–H and O–H groups in total. The number of amides is 1. The highest BCUT2D eigenvalue weighted by atomic mass is 19.4. The number of halogens is 3. The minimum absolute atomic E-state index is 0.0231. The molecule has 9 heteroatoms. The van der Waals surface area contributed by atoms with Crippen molar-refractivity contribution >= 4 is 11.9 Å². The van der Waals surface area contributed by atoms with Crippen LogP contribution in [0.15, 0.2) is 24.3 Å². The van der Waals surface area contributed by atoms with Crippen LogP contribution in [0.3, 0.4) is 0 Å². The first kappa shape index (κ1) is 19.0. The van der Waals surface area contributed by atoms with Gasteiger partial charge in [0, 0.05) is 6.54 Å². The van der Waals surface area contributed by atoms with E-state index in [-0.39, 0.29) is 18.2 Å². The van der Waals surface area contributed by atoms with Gasteiger partial charge >= 0.3 is 12.3 Å². The third-order valence-corrected chi connectivity index (χ3v) is 3.89. The van der Waals surface area contributed by atoms with Gasteiger partial charge in [-0.15, -0.1) is 13.2 Å². The van der Waals surface area contributed by atoms with Crippen molar-refractivity contribution in [2.24, 2.45) is 0 Å². The van der Waals surface area contributed by atoms with Gasteiger partial charge in [-0.1, -0.05) is 12.1 Å². The zero-order valence-electron chi connectivity index (χ0n) is 13.4. The molecular weight excluding hydrogens is 341 g/mol. The molecule has 1 amide bonds. The van der Waals surface area contributed by atoms with Gasteiger partial charge in [0.2, 0.25) is 5.91 Å². The standard InChI is InChI=1S/C16H19F3N2O4/c17-16(18,19)25-12-5-3-11(4-6-12)7-8-20-14(22)10-21-9-1-2-13(21)15(23)24/h3-6,13H,1-2,7-10H2,(H,20,22)(H,23,24)/t13-/m1/s1. The van der Waals surface area contributed by atoms with Gasteiger partial charge in [-0.05, 0) is 43.5 Å². The number of likely N-dealkylation sites (tertiary alicyclic amines) is 1. The highest BCUT2D eigenvalue weighted by molar-refractivity contribution is 5.80. The number of nitrogens with one attached hydrogen (secondary N) is 1. The Hall–Kier alpha value is -2.29. The van der Waals surface area contributed by atoms with Crippen molar-refractivity contribution in [3.05, 3.63) is 29.8 Å². The van der Waals surface area contributed by atoms with Gasteiger partial charge in [-0.25, -0.2) is 0 Å². The summed E-state index contributed by atoms with van der Waals surface area (Å²) in [6.07, 6.45) is -3.00. The first-order valence-corrected chi connectivity index (χ1v) is 7.83. The maximum Gasteiger partial charge on any atom is 0.573 e. The quantitative estimate of drug-likeness (QED) is 0.775. The Morgan fingerprint density at radius 3 is 2.56 bits per heavy atom. The number of carboxylic acids is 1. The van der Waals surface area contributed by atoms with E-state index in [9.17, 15) is 22.8 Å². The lowest BCUT2D eigenvalue weighted by Crippen LogP contribution is -2.43. The Bertz CT molecular complexity index is 604. The second-order valence-electron chi connectivity index (χ2n) is 5.76. The number of hydrogen-bond acceptors (Lipinski definition) is 4. The van der Waals surface area contributed by atoms with Gasteiger partial charge in [-0.2, -0.15) is 0 Å². The molecule has 0 bridgehead atoms. The van der Waals surface area contributed by atoms with E-state index in [1.165, 1.54) is 24.3 Å². The summed E-state index contributed by atoms with van der Waals surface area (Å²) >= 11 is 0. The number of alkyl halides is 3. The predicted octanol–water partition coefficient (Wildman–Crippen LogP) is 1.79. The lowest BCUT2D eigenvalue weighted by atomic mass is 10.1. The average Bonchev–Trinajstić information content (AvgIpc) is 2.96. The number of rotatable bonds is 7. The molecular formula is C16H19F3N2O4. The molecule has 1 fully saturated rings. The molecule has 138 valence electrons. The van der Waals surface area contributed by atoms with Crippen molar-refractivity contribution in [1.29, 1.82) is 0 Å². The Labute approximate surface area is 142 Å². The molecule has 6 nitrogen and oxygen atoms in total. The average molecular weight is 360 g/mol. The van der Waals surface area contributed by atoms with Crippen molar-refractivity contribution in [1.82, 2.24) is 10.2 Å². The summed E-state index contributed by atoms with van der Waals surface area (Å²) in [5.41, 5.74) is 0.749. The van der Waals surface area contributed by atoms with Crippen molar-refractivity contribution in [3.63, 3.8) is 0 Å². The van der Waals surface area contributed by atoms with Crippen molar-refractivity contribution in [2.75, 3.05) is 19.6 Å². The van der Waals surface area contributed by atoms with Gasteiger partial charge in [0.1, 0.15) is 11.8 Å².